The lowest BCUT2D eigenvalue weighted by Crippen LogP contribution is -2.02. The number of rotatable bonds is 5. The molecule has 0 amide bonds. The summed E-state index contributed by atoms with van der Waals surface area (Å²) in [4.78, 5) is 15.0. The maximum atomic E-state index is 10.7. The number of aryl methyl sites for hydroxylation is 1. The highest BCUT2D eigenvalue weighted by Crippen LogP contribution is 2.13. The summed E-state index contributed by atoms with van der Waals surface area (Å²) in [6, 6.07) is 6.39. The van der Waals surface area contributed by atoms with E-state index in [1.165, 1.54) is 12.1 Å². The Labute approximate surface area is 109 Å². The van der Waals surface area contributed by atoms with Gasteiger partial charge < -0.3 is 9.84 Å². The van der Waals surface area contributed by atoms with Crippen LogP contribution in [-0.4, -0.2) is 22.7 Å². The van der Waals surface area contributed by atoms with E-state index in [2.05, 4.69) is 4.98 Å². The van der Waals surface area contributed by atoms with E-state index in [0.29, 0.717) is 12.4 Å². The Bertz CT molecular complexity index is 533. The van der Waals surface area contributed by atoms with Crippen LogP contribution in [0.15, 0.2) is 29.6 Å². The van der Waals surface area contributed by atoms with Crippen molar-refractivity contribution in [2.24, 2.45) is 0 Å². The number of thiazole rings is 1. The molecule has 0 unspecified atom stereocenters. The van der Waals surface area contributed by atoms with Crippen LogP contribution in [0.25, 0.3) is 0 Å². The first-order chi connectivity index (χ1) is 8.65. The summed E-state index contributed by atoms with van der Waals surface area (Å²) >= 11 is 1.62. The monoisotopic (exact) mass is 263 g/mol. The molecule has 0 radical (unpaired) electrons. The second-order valence-electron chi connectivity index (χ2n) is 3.79. The van der Waals surface area contributed by atoms with E-state index in [1.54, 1.807) is 23.5 Å². The van der Waals surface area contributed by atoms with Crippen molar-refractivity contribution in [3.8, 4) is 5.75 Å². The van der Waals surface area contributed by atoms with Gasteiger partial charge in [0.15, 0.2) is 0 Å². The van der Waals surface area contributed by atoms with Crippen LogP contribution < -0.4 is 4.74 Å². The molecule has 1 heterocycles. The van der Waals surface area contributed by atoms with E-state index in [-0.39, 0.29) is 5.56 Å². The third-order valence-corrected chi connectivity index (χ3v) is 3.22. The molecule has 94 valence electrons. The predicted molar refractivity (Wildman–Crippen MR) is 69.5 cm³/mol. The van der Waals surface area contributed by atoms with Crippen molar-refractivity contribution >= 4 is 17.3 Å². The van der Waals surface area contributed by atoms with Crippen molar-refractivity contribution in [3.63, 3.8) is 0 Å². The van der Waals surface area contributed by atoms with Crippen molar-refractivity contribution in [1.29, 1.82) is 0 Å². The van der Waals surface area contributed by atoms with E-state index in [9.17, 15) is 4.79 Å². The molecule has 0 aliphatic carbocycles. The minimum absolute atomic E-state index is 0.262. The number of carbonyl (C=O) groups is 1. The Hall–Kier alpha value is -1.88. The smallest absolute Gasteiger partial charge is 0.335 e. The first kappa shape index (κ1) is 12.6. The second kappa shape index (κ2) is 5.64. The highest BCUT2D eigenvalue weighted by molar-refractivity contribution is 7.09. The van der Waals surface area contributed by atoms with E-state index < -0.39 is 5.97 Å². The molecular formula is C13H13NO3S. The molecule has 4 nitrogen and oxygen atoms in total. The first-order valence-corrected chi connectivity index (χ1v) is 6.40. The lowest BCUT2D eigenvalue weighted by molar-refractivity contribution is 0.0697. The summed E-state index contributed by atoms with van der Waals surface area (Å²) in [6.45, 7) is 2.51. The molecule has 0 aliphatic heterocycles. The molecule has 0 aliphatic rings. The van der Waals surface area contributed by atoms with Gasteiger partial charge in [-0.1, -0.05) is 0 Å². The first-order valence-electron chi connectivity index (χ1n) is 5.52. The largest absolute Gasteiger partial charge is 0.493 e. The molecule has 0 saturated carbocycles. The number of benzene rings is 1. The topological polar surface area (TPSA) is 59.4 Å². The number of hydrogen-bond donors (Lipinski definition) is 1. The third-order valence-electron chi connectivity index (χ3n) is 2.39. The summed E-state index contributed by atoms with van der Waals surface area (Å²) in [5.41, 5.74) is 1.29. The molecule has 5 heteroatoms. The average molecular weight is 263 g/mol. The van der Waals surface area contributed by atoms with Crippen LogP contribution in [0, 0.1) is 6.92 Å². The Morgan fingerprint density at radius 3 is 2.67 bits per heavy atom. The van der Waals surface area contributed by atoms with Crippen molar-refractivity contribution in [3.05, 3.63) is 45.9 Å². The van der Waals surface area contributed by atoms with Gasteiger partial charge in [0.05, 0.1) is 22.9 Å². The quantitative estimate of drug-likeness (QED) is 0.901. The third kappa shape index (κ3) is 3.30. The fourth-order valence-electron chi connectivity index (χ4n) is 1.49. The standard InChI is InChI=1S/C13H13NO3S/c1-9-14-11(8-18-9)6-7-17-12-4-2-10(3-5-12)13(15)16/h2-5,8H,6-7H2,1H3,(H,15,16). The number of carboxylic acids is 1. The molecule has 18 heavy (non-hydrogen) atoms. The van der Waals surface area contributed by atoms with Gasteiger partial charge in [-0.25, -0.2) is 9.78 Å². The van der Waals surface area contributed by atoms with E-state index in [4.69, 9.17) is 9.84 Å². The van der Waals surface area contributed by atoms with Crippen molar-refractivity contribution in [2.45, 2.75) is 13.3 Å². The number of nitrogens with zero attached hydrogens (tertiary/aromatic N) is 1. The van der Waals surface area contributed by atoms with Crippen LogP contribution in [0.2, 0.25) is 0 Å². The van der Waals surface area contributed by atoms with Gasteiger partial charge >= 0.3 is 5.97 Å². The molecule has 0 saturated heterocycles. The Kier molecular flexibility index (Phi) is 3.94. The Morgan fingerprint density at radius 2 is 2.11 bits per heavy atom. The van der Waals surface area contributed by atoms with Crippen LogP contribution in [0.3, 0.4) is 0 Å². The van der Waals surface area contributed by atoms with Gasteiger partial charge in [-0.3, -0.25) is 0 Å². The molecule has 2 rings (SSSR count). The Balaban J connectivity index is 1.85. The van der Waals surface area contributed by atoms with Crippen molar-refractivity contribution in [2.75, 3.05) is 6.61 Å². The second-order valence-corrected chi connectivity index (χ2v) is 4.85. The average Bonchev–Trinajstić information content (AvgIpc) is 2.76. The molecule has 0 atom stereocenters. The predicted octanol–water partition coefficient (Wildman–Crippen LogP) is 2.77. The van der Waals surface area contributed by atoms with Crippen LogP contribution in [-0.2, 0) is 6.42 Å². The zero-order chi connectivity index (χ0) is 13.0. The van der Waals surface area contributed by atoms with Crippen LogP contribution in [0.4, 0.5) is 0 Å². The van der Waals surface area contributed by atoms with E-state index in [0.717, 1.165) is 17.1 Å². The minimum Gasteiger partial charge on any atom is -0.493 e. The molecule has 1 N–H and O–H groups in total. The SMILES string of the molecule is Cc1nc(CCOc2ccc(C(=O)O)cc2)cs1. The summed E-state index contributed by atoms with van der Waals surface area (Å²) in [7, 11) is 0. The maximum Gasteiger partial charge on any atom is 0.335 e. The van der Waals surface area contributed by atoms with Gasteiger partial charge in [0, 0.05) is 11.8 Å². The summed E-state index contributed by atoms with van der Waals surface area (Å²) in [5, 5.41) is 11.8. The van der Waals surface area contributed by atoms with Crippen LogP contribution >= 0.6 is 11.3 Å². The molecule has 0 bridgehead atoms. The molecule has 1 aromatic heterocycles. The normalized spacial score (nSPS) is 10.3. The highest BCUT2D eigenvalue weighted by Gasteiger charge is 2.03. The van der Waals surface area contributed by atoms with Gasteiger partial charge in [0.2, 0.25) is 0 Å². The summed E-state index contributed by atoms with van der Waals surface area (Å²) in [6.07, 6.45) is 0.755. The number of hydrogen-bond acceptors (Lipinski definition) is 4. The fraction of sp³-hybridized carbons (Fsp3) is 0.231. The van der Waals surface area contributed by atoms with Gasteiger partial charge in [-0.2, -0.15) is 0 Å². The van der Waals surface area contributed by atoms with Crippen molar-refractivity contribution < 1.29 is 14.6 Å². The van der Waals surface area contributed by atoms with Crippen LogP contribution in [0.1, 0.15) is 21.1 Å². The zero-order valence-electron chi connectivity index (χ0n) is 9.92. The maximum absolute atomic E-state index is 10.7. The highest BCUT2D eigenvalue weighted by atomic mass is 32.1. The molecule has 0 fully saturated rings. The van der Waals surface area contributed by atoms with E-state index in [1.807, 2.05) is 12.3 Å². The van der Waals surface area contributed by atoms with Gasteiger partial charge in [0.25, 0.3) is 0 Å². The zero-order valence-corrected chi connectivity index (χ0v) is 10.7. The lowest BCUT2D eigenvalue weighted by atomic mass is 10.2. The Morgan fingerprint density at radius 1 is 1.39 bits per heavy atom. The van der Waals surface area contributed by atoms with Crippen molar-refractivity contribution in [1.82, 2.24) is 4.98 Å². The van der Waals surface area contributed by atoms with Gasteiger partial charge in [0.1, 0.15) is 5.75 Å². The summed E-state index contributed by atoms with van der Waals surface area (Å²) < 4.78 is 5.53. The number of ether oxygens (including phenoxy) is 1. The van der Waals surface area contributed by atoms with Gasteiger partial charge in [-0.05, 0) is 31.2 Å². The number of aromatic carboxylic acids is 1. The molecule has 2 aromatic rings. The van der Waals surface area contributed by atoms with E-state index >= 15 is 0 Å². The number of carboxylic acid groups (broad SMARTS) is 1. The molecule has 0 spiro atoms. The van der Waals surface area contributed by atoms with Gasteiger partial charge in [-0.15, -0.1) is 11.3 Å². The molecular weight excluding hydrogens is 250 g/mol. The summed E-state index contributed by atoms with van der Waals surface area (Å²) in [5.74, 6) is -0.258. The van der Waals surface area contributed by atoms with Crippen LogP contribution in [0.5, 0.6) is 5.75 Å². The fourth-order valence-corrected chi connectivity index (χ4v) is 2.14. The number of aromatic nitrogens is 1. The molecule has 1 aromatic carbocycles. The minimum atomic E-state index is -0.931. The lowest BCUT2D eigenvalue weighted by Gasteiger charge is -2.05.